The first-order valence-corrected chi connectivity index (χ1v) is 7.12. The first-order chi connectivity index (χ1) is 8.83. The van der Waals surface area contributed by atoms with E-state index >= 15 is 0 Å². The lowest BCUT2D eigenvalue weighted by Crippen LogP contribution is -2.11. The second-order valence-electron chi connectivity index (χ2n) is 4.55. The molecule has 0 saturated carbocycles. The van der Waals surface area contributed by atoms with E-state index < -0.39 is 0 Å². The molecule has 0 amide bonds. The van der Waals surface area contributed by atoms with Crippen LogP contribution in [0.3, 0.4) is 0 Å². The molecule has 0 atom stereocenters. The predicted octanol–water partition coefficient (Wildman–Crippen LogP) is 2.73. The Kier molecular flexibility index (Phi) is 3.23. The van der Waals surface area contributed by atoms with Crippen LogP contribution in [0.2, 0.25) is 0 Å². The van der Waals surface area contributed by atoms with Gasteiger partial charge in [-0.3, -0.25) is 0 Å². The lowest BCUT2D eigenvalue weighted by atomic mass is 9.96. The minimum Gasteiger partial charge on any atom is -0.365 e. The molecule has 2 aromatic rings. The van der Waals surface area contributed by atoms with Crippen molar-refractivity contribution < 1.29 is 0 Å². The van der Waals surface area contributed by atoms with Gasteiger partial charge in [0.2, 0.25) is 0 Å². The number of hydrogen-bond donors (Lipinski definition) is 1. The maximum Gasteiger partial charge on any atom is 0.133 e. The molecule has 0 radical (unpaired) electrons. The van der Waals surface area contributed by atoms with Gasteiger partial charge < -0.3 is 5.32 Å². The Bertz CT molecular complexity index is 550. The van der Waals surface area contributed by atoms with Gasteiger partial charge in [0, 0.05) is 22.3 Å². The van der Waals surface area contributed by atoms with Crippen LogP contribution >= 0.6 is 11.3 Å². The summed E-state index contributed by atoms with van der Waals surface area (Å²) < 4.78 is 0. The highest BCUT2D eigenvalue weighted by atomic mass is 32.1. The van der Waals surface area contributed by atoms with Gasteiger partial charge in [-0.05, 0) is 32.6 Å². The van der Waals surface area contributed by atoms with Gasteiger partial charge >= 0.3 is 0 Å². The molecule has 18 heavy (non-hydrogen) atoms. The van der Waals surface area contributed by atoms with Crippen molar-refractivity contribution in [3.63, 3.8) is 0 Å². The van der Waals surface area contributed by atoms with Gasteiger partial charge in [-0.15, -0.1) is 11.3 Å². The number of aryl methyl sites for hydroxylation is 2. The Morgan fingerprint density at radius 1 is 1.22 bits per heavy atom. The number of anilines is 1. The van der Waals surface area contributed by atoms with Crippen LogP contribution in [0.1, 0.15) is 34.0 Å². The Hall–Kier alpha value is -1.49. The number of nitrogens with zero attached hydrogens (tertiary/aromatic N) is 3. The van der Waals surface area contributed by atoms with Crippen LogP contribution in [0.25, 0.3) is 0 Å². The van der Waals surface area contributed by atoms with E-state index in [1.165, 1.54) is 29.0 Å². The molecule has 4 nitrogen and oxygen atoms in total. The summed E-state index contributed by atoms with van der Waals surface area (Å²) in [6.07, 6.45) is 8.28. The average Bonchev–Trinajstić information content (AvgIpc) is 2.82. The number of aromatic nitrogens is 3. The Morgan fingerprint density at radius 3 is 2.94 bits per heavy atom. The van der Waals surface area contributed by atoms with Crippen molar-refractivity contribution >= 4 is 17.2 Å². The van der Waals surface area contributed by atoms with Crippen LogP contribution in [-0.4, -0.2) is 15.0 Å². The van der Waals surface area contributed by atoms with E-state index in [-0.39, 0.29) is 0 Å². The number of thiazole rings is 1. The van der Waals surface area contributed by atoms with Gasteiger partial charge in [0.1, 0.15) is 12.1 Å². The van der Waals surface area contributed by atoms with E-state index in [0.29, 0.717) is 0 Å². The van der Waals surface area contributed by atoms with E-state index in [0.717, 1.165) is 30.2 Å². The molecule has 2 heterocycles. The minimum atomic E-state index is 0.801. The SMILES string of the molecule is Cc1ncc(CNc2ncnc3c2CCCC3)s1. The summed E-state index contributed by atoms with van der Waals surface area (Å²) in [5.41, 5.74) is 2.53. The van der Waals surface area contributed by atoms with Gasteiger partial charge in [0.25, 0.3) is 0 Å². The minimum absolute atomic E-state index is 0.801. The van der Waals surface area contributed by atoms with Crippen LogP contribution in [0, 0.1) is 6.92 Å². The molecule has 0 spiro atoms. The smallest absolute Gasteiger partial charge is 0.133 e. The van der Waals surface area contributed by atoms with Crippen LogP contribution in [-0.2, 0) is 19.4 Å². The van der Waals surface area contributed by atoms with E-state index in [4.69, 9.17) is 0 Å². The van der Waals surface area contributed by atoms with Crippen LogP contribution in [0.15, 0.2) is 12.5 Å². The zero-order chi connectivity index (χ0) is 12.4. The third-order valence-electron chi connectivity index (χ3n) is 3.22. The Morgan fingerprint density at radius 2 is 2.11 bits per heavy atom. The molecule has 5 heteroatoms. The monoisotopic (exact) mass is 260 g/mol. The topological polar surface area (TPSA) is 50.7 Å². The summed E-state index contributed by atoms with van der Waals surface area (Å²) in [6.45, 7) is 2.83. The van der Waals surface area contributed by atoms with Crippen molar-refractivity contribution in [3.8, 4) is 0 Å². The van der Waals surface area contributed by atoms with Gasteiger partial charge in [-0.2, -0.15) is 0 Å². The maximum absolute atomic E-state index is 4.38. The molecule has 0 unspecified atom stereocenters. The van der Waals surface area contributed by atoms with Gasteiger partial charge in [0.15, 0.2) is 0 Å². The first-order valence-electron chi connectivity index (χ1n) is 6.31. The van der Waals surface area contributed by atoms with Crippen LogP contribution in [0.5, 0.6) is 0 Å². The maximum atomic E-state index is 4.38. The standard InChI is InChI=1S/C13H16N4S/c1-9-14-6-10(18-9)7-15-13-11-4-2-3-5-12(11)16-8-17-13/h6,8H,2-5,7H2,1H3,(H,15,16,17). The molecule has 0 fully saturated rings. The third-order valence-corrected chi connectivity index (χ3v) is 4.14. The highest BCUT2D eigenvalue weighted by Gasteiger charge is 2.15. The zero-order valence-corrected chi connectivity index (χ0v) is 11.3. The fourth-order valence-corrected chi connectivity index (χ4v) is 3.07. The number of nitrogens with one attached hydrogen (secondary N) is 1. The molecule has 0 aliphatic heterocycles. The molecular formula is C13H16N4S. The second kappa shape index (κ2) is 5.02. The van der Waals surface area contributed by atoms with Crippen LogP contribution < -0.4 is 5.32 Å². The highest BCUT2D eigenvalue weighted by Crippen LogP contribution is 2.25. The average molecular weight is 260 g/mol. The molecule has 1 aliphatic carbocycles. The molecule has 1 aliphatic rings. The van der Waals surface area contributed by atoms with E-state index in [9.17, 15) is 0 Å². The number of rotatable bonds is 3. The van der Waals surface area contributed by atoms with E-state index in [2.05, 4.69) is 20.3 Å². The van der Waals surface area contributed by atoms with Gasteiger partial charge in [-0.1, -0.05) is 0 Å². The fraction of sp³-hybridized carbons (Fsp3) is 0.462. The molecule has 0 saturated heterocycles. The normalized spacial score (nSPS) is 14.3. The summed E-state index contributed by atoms with van der Waals surface area (Å²) in [5, 5.41) is 4.53. The fourth-order valence-electron chi connectivity index (χ4n) is 2.33. The Labute approximate surface area is 111 Å². The predicted molar refractivity (Wildman–Crippen MR) is 72.9 cm³/mol. The lowest BCUT2D eigenvalue weighted by molar-refractivity contribution is 0.663. The largest absolute Gasteiger partial charge is 0.365 e. The van der Waals surface area contributed by atoms with E-state index in [1.807, 2.05) is 13.1 Å². The van der Waals surface area contributed by atoms with Crippen molar-refractivity contribution in [2.75, 3.05) is 5.32 Å². The molecular weight excluding hydrogens is 244 g/mol. The van der Waals surface area contributed by atoms with Crippen molar-refractivity contribution in [1.82, 2.24) is 15.0 Å². The van der Waals surface area contributed by atoms with Crippen molar-refractivity contribution in [2.24, 2.45) is 0 Å². The molecule has 0 aromatic carbocycles. The first kappa shape index (κ1) is 11.6. The highest BCUT2D eigenvalue weighted by molar-refractivity contribution is 7.11. The molecule has 2 aromatic heterocycles. The summed E-state index contributed by atoms with van der Waals surface area (Å²) >= 11 is 1.73. The number of hydrogen-bond acceptors (Lipinski definition) is 5. The third kappa shape index (κ3) is 2.36. The quantitative estimate of drug-likeness (QED) is 0.922. The van der Waals surface area contributed by atoms with Crippen LogP contribution in [0.4, 0.5) is 5.82 Å². The van der Waals surface area contributed by atoms with Crippen molar-refractivity contribution in [2.45, 2.75) is 39.2 Å². The van der Waals surface area contributed by atoms with Gasteiger partial charge in [-0.25, -0.2) is 15.0 Å². The Balaban J connectivity index is 1.76. The molecule has 1 N–H and O–H groups in total. The second-order valence-corrected chi connectivity index (χ2v) is 5.87. The molecule has 0 bridgehead atoms. The van der Waals surface area contributed by atoms with Crippen molar-refractivity contribution in [1.29, 1.82) is 0 Å². The van der Waals surface area contributed by atoms with Crippen molar-refractivity contribution in [3.05, 3.63) is 33.7 Å². The summed E-state index contributed by atoms with van der Waals surface area (Å²) in [6, 6.07) is 0. The number of fused-ring (bicyclic) bond motifs is 1. The summed E-state index contributed by atoms with van der Waals surface area (Å²) in [4.78, 5) is 14.3. The lowest BCUT2D eigenvalue weighted by Gasteiger charge is -2.17. The molecule has 3 rings (SSSR count). The zero-order valence-electron chi connectivity index (χ0n) is 10.4. The summed E-state index contributed by atoms with van der Waals surface area (Å²) in [7, 11) is 0. The van der Waals surface area contributed by atoms with E-state index in [1.54, 1.807) is 17.7 Å². The van der Waals surface area contributed by atoms with Gasteiger partial charge in [0.05, 0.1) is 11.6 Å². The molecule has 94 valence electrons. The summed E-state index contributed by atoms with van der Waals surface area (Å²) in [5.74, 6) is 1.01.